The zero-order chi connectivity index (χ0) is 17.9. The van der Waals surface area contributed by atoms with Gasteiger partial charge in [0.2, 0.25) is 15.9 Å². The number of nitro groups is 1. The molecule has 0 aliphatic carbocycles. The summed E-state index contributed by atoms with van der Waals surface area (Å²) in [5, 5.41) is 11.1. The van der Waals surface area contributed by atoms with Gasteiger partial charge in [-0.05, 0) is 18.9 Å². The third kappa shape index (κ3) is 3.74. The molecule has 132 valence electrons. The van der Waals surface area contributed by atoms with Crippen LogP contribution in [0.5, 0.6) is 5.88 Å². The van der Waals surface area contributed by atoms with E-state index in [-0.39, 0.29) is 24.1 Å². The van der Waals surface area contributed by atoms with Gasteiger partial charge in [-0.15, -0.1) is 0 Å². The Bertz CT molecular complexity index is 851. The van der Waals surface area contributed by atoms with Crippen molar-refractivity contribution in [1.29, 1.82) is 0 Å². The molecule has 0 atom stereocenters. The molecule has 1 aromatic heterocycles. The van der Waals surface area contributed by atoms with Crippen molar-refractivity contribution in [2.24, 2.45) is 0 Å². The number of sulfonamides is 1. The first-order chi connectivity index (χ1) is 12.0. The fourth-order valence-corrected chi connectivity index (χ4v) is 4.30. The maximum Gasteiger partial charge on any atom is 0.289 e. The monoisotopic (exact) mass is 364 g/mol. The van der Waals surface area contributed by atoms with Crippen LogP contribution in [0.4, 0.5) is 5.69 Å². The van der Waals surface area contributed by atoms with Crippen LogP contribution in [0.1, 0.15) is 12.8 Å². The molecule has 1 saturated heterocycles. The van der Waals surface area contributed by atoms with Crippen molar-refractivity contribution >= 4 is 15.7 Å². The summed E-state index contributed by atoms with van der Waals surface area (Å²) in [5.41, 5.74) is -0.416. The van der Waals surface area contributed by atoms with Gasteiger partial charge in [0.05, 0.1) is 11.1 Å². The van der Waals surface area contributed by atoms with Gasteiger partial charge in [-0.25, -0.2) is 13.4 Å². The summed E-state index contributed by atoms with van der Waals surface area (Å²) in [4.78, 5) is 18.1. The van der Waals surface area contributed by atoms with Crippen molar-refractivity contribution in [2.45, 2.75) is 23.8 Å². The van der Waals surface area contributed by atoms with E-state index in [1.54, 1.807) is 0 Å². The second-order valence-corrected chi connectivity index (χ2v) is 7.40. The van der Waals surface area contributed by atoms with Crippen LogP contribution in [0.3, 0.4) is 0 Å². The molecule has 1 aliphatic rings. The van der Waals surface area contributed by atoms with E-state index in [0.29, 0.717) is 18.7 Å². The first-order valence-electron chi connectivity index (χ1n) is 7.65. The van der Waals surface area contributed by atoms with E-state index in [2.05, 4.69) is 9.97 Å². The second kappa shape index (κ2) is 7.11. The Kier molecular flexibility index (Phi) is 4.91. The van der Waals surface area contributed by atoms with E-state index in [4.69, 9.17) is 4.74 Å². The largest absolute Gasteiger partial charge is 0.473 e. The van der Waals surface area contributed by atoms with Gasteiger partial charge in [-0.1, -0.05) is 12.1 Å². The van der Waals surface area contributed by atoms with Gasteiger partial charge >= 0.3 is 0 Å². The summed E-state index contributed by atoms with van der Waals surface area (Å²) >= 11 is 0. The summed E-state index contributed by atoms with van der Waals surface area (Å²) in [6.45, 7) is 0.443. The number of aromatic nitrogens is 2. The van der Waals surface area contributed by atoms with E-state index < -0.39 is 20.6 Å². The smallest absolute Gasteiger partial charge is 0.289 e. The Balaban J connectivity index is 1.71. The van der Waals surface area contributed by atoms with Crippen LogP contribution in [-0.2, 0) is 10.0 Å². The van der Waals surface area contributed by atoms with Crippen molar-refractivity contribution < 1.29 is 18.1 Å². The lowest BCUT2D eigenvalue weighted by Crippen LogP contribution is -2.41. The van der Waals surface area contributed by atoms with E-state index in [9.17, 15) is 18.5 Å². The number of benzene rings is 1. The number of nitro benzene ring substituents is 1. The normalized spacial score (nSPS) is 16.5. The molecule has 10 heteroatoms. The molecule has 1 fully saturated rings. The lowest BCUT2D eigenvalue weighted by atomic mass is 10.1. The molecule has 2 aromatic rings. The van der Waals surface area contributed by atoms with Gasteiger partial charge in [-0.3, -0.25) is 15.1 Å². The summed E-state index contributed by atoms with van der Waals surface area (Å²) < 4.78 is 32.4. The van der Waals surface area contributed by atoms with Crippen molar-refractivity contribution in [3.8, 4) is 5.88 Å². The quantitative estimate of drug-likeness (QED) is 0.584. The number of para-hydroxylation sites is 1. The molecular formula is C15H16N4O5S. The van der Waals surface area contributed by atoms with E-state index in [1.165, 1.54) is 47.2 Å². The van der Waals surface area contributed by atoms with Crippen LogP contribution in [0, 0.1) is 10.1 Å². The molecular weight excluding hydrogens is 348 g/mol. The summed E-state index contributed by atoms with van der Waals surface area (Å²) in [5.74, 6) is 0.391. The molecule has 2 heterocycles. The lowest BCUT2D eigenvalue weighted by Gasteiger charge is -2.30. The van der Waals surface area contributed by atoms with Crippen LogP contribution >= 0.6 is 0 Å². The second-order valence-electron chi connectivity index (χ2n) is 5.49. The molecule has 0 N–H and O–H groups in total. The van der Waals surface area contributed by atoms with Gasteiger partial charge in [0.1, 0.15) is 6.10 Å². The molecule has 25 heavy (non-hydrogen) atoms. The molecule has 0 bridgehead atoms. The van der Waals surface area contributed by atoms with Gasteiger partial charge in [-0.2, -0.15) is 4.31 Å². The summed E-state index contributed by atoms with van der Waals surface area (Å²) in [6, 6.07) is 5.37. The number of nitrogens with zero attached hydrogens (tertiary/aromatic N) is 4. The topological polar surface area (TPSA) is 116 Å². The van der Waals surface area contributed by atoms with Crippen LogP contribution in [0.25, 0.3) is 0 Å². The predicted molar refractivity (Wildman–Crippen MR) is 87.5 cm³/mol. The van der Waals surface area contributed by atoms with Crippen molar-refractivity contribution in [3.63, 3.8) is 0 Å². The Labute approximate surface area is 144 Å². The molecule has 0 saturated carbocycles. The van der Waals surface area contributed by atoms with Crippen molar-refractivity contribution in [1.82, 2.24) is 14.3 Å². The Hall–Kier alpha value is -2.59. The number of rotatable bonds is 5. The minimum atomic E-state index is -3.93. The summed E-state index contributed by atoms with van der Waals surface area (Å²) in [7, 11) is -3.93. The minimum Gasteiger partial charge on any atom is -0.473 e. The Morgan fingerprint density at radius 1 is 1.20 bits per heavy atom. The first-order valence-corrected chi connectivity index (χ1v) is 9.09. The standard InChI is InChI=1S/C15H16N4O5S/c20-19(21)13-3-1-2-4-14(13)25(22,23)18-9-5-12(6-10-18)24-15-11-16-7-8-17-15/h1-4,7-8,11-12H,5-6,9-10H2. The number of ether oxygens (including phenoxy) is 1. The van der Waals surface area contributed by atoms with E-state index in [1.807, 2.05) is 0 Å². The molecule has 0 unspecified atom stereocenters. The molecule has 0 amide bonds. The van der Waals surface area contributed by atoms with Crippen LogP contribution in [0.2, 0.25) is 0 Å². The average Bonchev–Trinajstić information content (AvgIpc) is 2.63. The third-order valence-electron chi connectivity index (χ3n) is 3.91. The molecule has 0 spiro atoms. The highest BCUT2D eigenvalue weighted by molar-refractivity contribution is 7.89. The SMILES string of the molecule is O=[N+]([O-])c1ccccc1S(=O)(=O)N1CCC(Oc2cnccn2)CC1. The van der Waals surface area contributed by atoms with E-state index in [0.717, 1.165) is 0 Å². The van der Waals surface area contributed by atoms with Crippen LogP contribution in [-0.4, -0.2) is 46.8 Å². The molecule has 0 radical (unpaired) electrons. The van der Waals surface area contributed by atoms with Gasteiger partial charge in [0, 0.05) is 31.5 Å². The molecule has 1 aliphatic heterocycles. The molecule has 1 aromatic carbocycles. The lowest BCUT2D eigenvalue weighted by molar-refractivity contribution is -0.387. The van der Waals surface area contributed by atoms with Gasteiger partial charge < -0.3 is 4.74 Å². The number of hydrogen-bond donors (Lipinski definition) is 0. The summed E-state index contributed by atoms with van der Waals surface area (Å²) in [6.07, 6.45) is 5.32. The maximum absolute atomic E-state index is 12.7. The highest BCUT2D eigenvalue weighted by Gasteiger charge is 2.34. The van der Waals surface area contributed by atoms with Crippen molar-refractivity contribution in [3.05, 3.63) is 53.0 Å². The van der Waals surface area contributed by atoms with Gasteiger partial charge in [0.25, 0.3) is 5.69 Å². The zero-order valence-electron chi connectivity index (χ0n) is 13.2. The predicted octanol–water partition coefficient (Wildman–Crippen LogP) is 1.62. The Morgan fingerprint density at radius 3 is 2.56 bits per heavy atom. The van der Waals surface area contributed by atoms with Crippen LogP contribution in [0.15, 0.2) is 47.8 Å². The van der Waals surface area contributed by atoms with E-state index >= 15 is 0 Å². The zero-order valence-corrected chi connectivity index (χ0v) is 14.0. The highest BCUT2D eigenvalue weighted by Crippen LogP contribution is 2.28. The average molecular weight is 364 g/mol. The van der Waals surface area contributed by atoms with Crippen molar-refractivity contribution in [2.75, 3.05) is 13.1 Å². The fraction of sp³-hybridized carbons (Fsp3) is 0.333. The fourth-order valence-electron chi connectivity index (χ4n) is 2.67. The number of hydrogen-bond acceptors (Lipinski definition) is 7. The minimum absolute atomic E-state index is 0.172. The highest BCUT2D eigenvalue weighted by atomic mass is 32.2. The van der Waals surface area contributed by atoms with Crippen LogP contribution < -0.4 is 4.74 Å². The van der Waals surface area contributed by atoms with Gasteiger partial charge in [0.15, 0.2) is 4.90 Å². The number of piperidine rings is 1. The molecule has 3 rings (SSSR count). The maximum atomic E-state index is 12.7. The third-order valence-corrected chi connectivity index (χ3v) is 5.85. The molecule has 9 nitrogen and oxygen atoms in total. The Morgan fingerprint density at radius 2 is 1.92 bits per heavy atom. The first kappa shape index (κ1) is 17.2.